The zero-order chi connectivity index (χ0) is 34.4. The van der Waals surface area contributed by atoms with Crippen LogP contribution in [0.25, 0.3) is 22.5 Å². The average molecular weight is 667 g/mol. The third-order valence-corrected chi connectivity index (χ3v) is 9.45. The number of aryl methyl sites for hydroxylation is 1. The number of piperidine rings is 1. The minimum absolute atomic E-state index is 0.0160. The van der Waals surface area contributed by atoms with Crippen LogP contribution in [0.5, 0.6) is 0 Å². The molecule has 5 aromatic rings. The maximum atomic E-state index is 13.8. The summed E-state index contributed by atoms with van der Waals surface area (Å²) in [4.78, 5) is 24.2. The Morgan fingerprint density at radius 2 is 1.63 bits per heavy atom. The van der Waals surface area contributed by atoms with Crippen LogP contribution in [0.1, 0.15) is 72.7 Å². The Balaban J connectivity index is 1.23. The number of carbonyl (C=O) groups excluding carboxylic acids is 1. The molecular weight excluding hydrogens is 625 g/mol. The maximum Gasteiger partial charge on any atom is 0.416 e. The monoisotopic (exact) mass is 666 g/mol. The van der Waals surface area contributed by atoms with Crippen molar-refractivity contribution < 1.29 is 22.7 Å². The molecule has 0 bridgehead atoms. The van der Waals surface area contributed by atoms with E-state index in [0.29, 0.717) is 43.1 Å². The fourth-order valence-corrected chi connectivity index (χ4v) is 6.69. The molecule has 1 aliphatic rings. The molecule has 1 saturated heterocycles. The second-order valence-corrected chi connectivity index (χ2v) is 12.8. The number of amides is 1. The van der Waals surface area contributed by atoms with Crippen LogP contribution in [0, 0.1) is 0 Å². The number of hydrogen-bond donors (Lipinski definition) is 0. The van der Waals surface area contributed by atoms with Crippen LogP contribution in [0.3, 0.4) is 0 Å². The predicted octanol–water partition coefficient (Wildman–Crippen LogP) is 9.81. The van der Waals surface area contributed by atoms with Crippen LogP contribution in [-0.4, -0.2) is 38.6 Å². The number of likely N-dealkylation sites (tertiary alicyclic amines) is 1. The Labute approximate surface area is 285 Å². The lowest BCUT2D eigenvalue weighted by atomic mass is 9.95. The van der Waals surface area contributed by atoms with Gasteiger partial charge in [-0.05, 0) is 73.4 Å². The minimum Gasteiger partial charge on any atom is -0.445 e. The normalized spacial score (nSPS) is 14.5. The smallest absolute Gasteiger partial charge is 0.416 e. The largest absolute Gasteiger partial charge is 0.445 e. The van der Waals surface area contributed by atoms with Gasteiger partial charge in [-0.1, -0.05) is 79.7 Å². The molecular formula is C40H41F3N4O2. The Morgan fingerprint density at radius 1 is 0.918 bits per heavy atom. The molecule has 0 spiro atoms. The van der Waals surface area contributed by atoms with Crippen LogP contribution in [-0.2, 0) is 31.0 Å². The topological polar surface area (TPSA) is 60.3 Å². The van der Waals surface area contributed by atoms with Crippen molar-refractivity contribution in [1.29, 1.82) is 0 Å². The number of benzene rings is 3. The van der Waals surface area contributed by atoms with Gasteiger partial charge in [0.2, 0.25) is 0 Å². The molecule has 1 aliphatic heterocycles. The molecule has 6 nitrogen and oxygen atoms in total. The Kier molecular flexibility index (Phi) is 10.5. The van der Waals surface area contributed by atoms with Gasteiger partial charge in [-0.2, -0.15) is 13.2 Å². The van der Waals surface area contributed by atoms with Gasteiger partial charge < -0.3 is 14.2 Å². The van der Waals surface area contributed by atoms with Gasteiger partial charge in [0, 0.05) is 49.1 Å². The highest BCUT2D eigenvalue weighted by atomic mass is 19.4. The van der Waals surface area contributed by atoms with Gasteiger partial charge in [0.1, 0.15) is 12.4 Å². The molecule has 49 heavy (non-hydrogen) atoms. The summed E-state index contributed by atoms with van der Waals surface area (Å²) >= 11 is 0. The number of alkyl halides is 3. The lowest BCUT2D eigenvalue weighted by Gasteiger charge is -2.31. The van der Waals surface area contributed by atoms with Crippen LogP contribution in [0.2, 0.25) is 0 Å². The molecule has 1 atom stereocenters. The molecule has 1 unspecified atom stereocenters. The summed E-state index contributed by atoms with van der Waals surface area (Å²) in [5, 5.41) is 0. The molecule has 2 aromatic heterocycles. The number of halogens is 3. The maximum absolute atomic E-state index is 13.8. The third-order valence-electron chi connectivity index (χ3n) is 9.45. The molecule has 0 radical (unpaired) electrons. The third kappa shape index (κ3) is 8.21. The SMILES string of the molecule is CC(CCCc1cc(-c2c(-c3cccc(C(F)(F)F)c3)nc(C3CCN(C(=O)OCc4ccccc4)CC3)n2C)ccn1)c1ccccc1. The average Bonchev–Trinajstić information content (AvgIpc) is 3.48. The molecule has 1 amide bonds. The zero-order valence-corrected chi connectivity index (χ0v) is 27.9. The molecule has 3 aromatic carbocycles. The molecule has 0 saturated carbocycles. The van der Waals surface area contributed by atoms with Crippen molar-refractivity contribution in [2.75, 3.05) is 13.1 Å². The Morgan fingerprint density at radius 3 is 2.35 bits per heavy atom. The number of pyridine rings is 1. The lowest BCUT2D eigenvalue weighted by Crippen LogP contribution is -2.38. The van der Waals surface area contributed by atoms with Crippen LogP contribution in [0.4, 0.5) is 18.0 Å². The quantitative estimate of drug-likeness (QED) is 0.149. The van der Waals surface area contributed by atoms with Crippen molar-refractivity contribution >= 4 is 6.09 Å². The molecule has 9 heteroatoms. The lowest BCUT2D eigenvalue weighted by molar-refractivity contribution is -0.137. The number of carbonyl (C=O) groups is 1. The predicted molar refractivity (Wildman–Crippen MR) is 185 cm³/mol. The van der Waals surface area contributed by atoms with Crippen molar-refractivity contribution in [3.63, 3.8) is 0 Å². The van der Waals surface area contributed by atoms with E-state index >= 15 is 0 Å². The van der Waals surface area contributed by atoms with E-state index in [0.717, 1.165) is 53.7 Å². The number of nitrogens with zero attached hydrogens (tertiary/aromatic N) is 4. The van der Waals surface area contributed by atoms with E-state index in [1.807, 2.05) is 60.1 Å². The number of rotatable bonds is 10. The van der Waals surface area contributed by atoms with Gasteiger partial charge in [0.15, 0.2) is 0 Å². The first kappa shape index (κ1) is 34.0. The van der Waals surface area contributed by atoms with Crippen LogP contribution in [0.15, 0.2) is 103 Å². The Bertz CT molecular complexity index is 1850. The van der Waals surface area contributed by atoms with E-state index < -0.39 is 11.7 Å². The summed E-state index contributed by atoms with van der Waals surface area (Å²) in [6.07, 6.45) is 1.02. The standard InChI is InChI=1S/C40H41F3N4O2/c1-28(30-14-7-4-8-15-30)11-9-18-35-26-33(19-22-44-35)37-36(32-16-10-17-34(25-32)40(41,42)43)45-38(46(37)2)31-20-23-47(24-21-31)39(48)49-27-29-12-5-3-6-13-29/h3-8,10,12-17,19,22,25-26,28,31H,9,11,18,20-21,23-24,27H2,1-2H3. The minimum atomic E-state index is -4.48. The summed E-state index contributed by atoms with van der Waals surface area (Å²) in [6.45, 7) is 3.44. The van der Waals surface area contributed by atoms with Crippen LogP contribution >= 0.6 is 0 Å². The first-order chi connectivity index (χ1) is 23.7. The number of imidazole rings is 1. The summed E-state index contributed by atoms with van der Waals surface area (Å²) in [6, 6.07) is 29.3. The van der Waals surface area contributed by atoms with E-state index in [1.54, 1.807) is 17.2 Å². The highest BCUT2D eigenvalue weighted by Gasteiger charge is 2.33. The van der Waals surface area contributed by atoms with Gasteiger partial charge in [-0.3, -0.25) is 4.98 Å². The summed E-state index contributed by atoms with van der Waals surface area (Å²) < 4.78 is 49.0. The number of aromatic nitrogens is 3. The van der Waals surface area contributed by atoms with Crippen molar-refractivity contribution in [2.24, 2.45) is 7.05 Å². The molecule has 3 heterocycles. The number of hydrogen-bond acceptors (Lipinski definition) is 4. The summed E-state index contributed by atoms with van der Waals surface area (Å²) in [7, 11) is 1.93. The van der Waals surface area contributed by atoms with Crippen molar-refractivity contribution in [3.05, 3.63) is 131 Å². The zero-order valence-electron chi connectivity index (χ0n) is 27.9. The van der Waals surface area contributed by atoms with Crippen molar-refractivity contribution in [3.8, 4) is 22.5 Å². The Hall–Kier alpha value is -4.92. The van der Waals surface area contributed by atoms with Crippen molar-refractivity contribution in [2.45, 2.75) is 63.6 Å². The molecule has 1 fully saturated rings. The van der Waals surface area contributed by atoms with Crippen LogP contribution < -0.4 is 0 Å². The molecule has 6 rings (SSSR count). The summed E-state index contributed by atoms with van der Waals surface area (Å²) in [5.74, 6) is 1.23. The second-order valence-electron chi connectivity index (χ2n) is 12.8. The van der Waals surface area contributed by atoms with Crippen molar-refractivity contribution in [1.82, 2.24) is 19.4 Å². The van der Waals surface area contributed by atoms with Gasteiger partial charge in [-0.25, -0.2) is 9.78 Å². The van der Waals surface area contributed by atoms with Gasteiger partial charge in [0.05, 0.1) is 17.0 Å². The molecule has 0 aliphatic carbocycles. The van der Waals surface area contributed by atoms with Gasteiger partial charge in [0.25, 0.3) is 0 Å². The second kappa shape index (κ2) is 15.1. The highest BCUT2D eigenvalue weighted by Crippen LogP contribution is 2.39. The van der Waals surface area contributed by atoms with E-state index in [4.69, 9.17) is 9.72 Å². The van der Waals surface area contributed by atoms with E-state index in [2.05, 4.69) is 36.2 Å². The fraction of sp³-hybridized carbons (Fsp3) is 0.325. The van der Waals surface area contributed by atoms with E-state index in [1.165, 1.54) is 17.7 Å². The molecule has 254 valence electrons. The first-order valence-electron chi connectivity index (χ1n) is 16.9. The fourth-order valence-electron chi connectivity index (χ4n) is 6.69. The summed E-state index contributed by atoms with van der Waals surface area (Å²) in [5.41, 5.74) is 4.97. The van der Waals surface area contributed by atoms with E-state index in [-0.39, 0.29) is 18.6 Å². The molecule has 0 N–H and O–H groups in total. The van der Waals surface area contributed by atoms with Gasteiger partial charge >= 0.3 is 12.3 Å². The first-order valence-corrected chi connectivity index (χ1v) is 16.9. The van der Waals surface area contributed by atoms with Gasteiger partial charge in [-0.15, -0.1) is 0 Å². The van der Waals surface area contributed by atoms with E-state index in [9.17, 15) is 18.0 Å². The number of ether oxygens (including phenoxy) is 1. The highest BCUT2D eigenvalue weighted by molar-refractivity contribution is 5.79.